The fourth-order valence-electron chi connectivity index (χ4n) is 3.61. The van der Waals surface area contributed by atoms with Gasteiger partial charge in [0.2, 0.25) is 5.95 Å². The Labute approximate surface area is 182 Å². The number of anilines is 1. The van der Waals surface area contributed by atoms with Gasteiger partial charge in [0.1, 0.15) is 11.8 Å². The minimum atomic E-state index is 0.378. The van der Waals surface area contributed by atoms with E-state index in [9.17, 15) is 0 Å². The van der Waals surface area contributed by atoms with Gasteiger partial charge in [-0.15, -0.1) is 0 Å². The summed E-state index contributed by atoms with van der Waals surface area (Å²) >= 11 is 0. The third kappa shape index (κ3) is 4.74. The molecule has 3 heterocycles. The van der Waals surface area contributed by atoms with Crippen molar-refractivity contribution < 1.29 is 4.74 Å². The van der Waals surface area contributed by atoms with Crippen molar-refractivity contribution in [2.24, 2.45) is 0 Å². The minimum absolute atomic E-state index is 0.378. The fourth-order valence-corrected chi connectivity index (χ4v) is 3.61. The molecule has 0 unspecified atom stereocenters. The number of hydrogen-bond acceptors (Lipinski definition) is 6. The summed E-state index contributed by atoms with van der Waals surface area (Å²) in [6.45, 7) is 5.75. The number of hydrogen-bond donors (Lipinski definition) is 1. The molecule has 8 heteroatoms. The Morgan fingerprint density at radius 1 is 1.06 bits per heavy atom. The SMILES string of the molecule is CCC[C@H](CC)Nc1ncc2ncn(-c3ccc(-c4cnn(CCOC)c4)cc3)c2n1. The van der Waals surface area contributed by atoms with Gasteiger partial charge in [-0.05, 0) is 30.5 Å². The van der Waals surface area contributed by atoms with E-state index >= 15 is 0 Å². The number of benzene rings is 1. The fraction of sp³-hybridized carbons (Fsp3) is 0.391. The Bertz CT molecular complexity index is 1120. The molecule has 31 heavy (non-hydrogen) atoms. The Morgan fingerprint density at radius 3 is 2.65 bits per heavy atom. The first-order valence-corrected chi connectivity index (χ1v) is 10.8. The lowest BCUT2D eigenvalue weighted by atomic mass is 10.1. The van der Waals surface area contributed by atoms with Crippen molar-refractivity contribution in [2.75, 3.05) is 19.0 Å². The lowest BCUT2D eigenvalue weighted by Crippen LogP contribution is -2.19. The van der Waals surface area contributed by atoms with Crippen LogP contribution in [0.1, 0.15) is 33.1 Å². The lowest BCUT2D eigenvalue weighted by Gasteiger charge is -2.15. The topological polar surface area (TPSA) is 82.7 Å². The maximum absolute atomic E-state index is 5.12. The van der Waals surface area contributed by atoms with Crippen LogP contribution in [0.3, 0.4) is 0 Å². The average Bonchev–Trinajstić information content (AvgIpc) is 3.44. The maximum Gasteiger partial charge on any atom is 0.224 e. The van der Waals surface area contributed by atoms with Gasteiger partial charge in [0, 0.05) is 30.6 Å². The second-order valence-corrected chi connectivity index (χ2v) is 7.59. The molecular weight excluding hydrogens is 390 g/mol. The molecule has 0 saturated heterocycles. The molecule has 4 aromatic rings. The first kappa shape index (κ1) is 21.0. The first-order chi connectivity index (χ1) is 15.2. The highest BCUT2D eigenvalue weighted by atomic mass is 16.5. The molecule has 0 fully saturated rings. The van der Waals surface area contributed by atoms with Crippen LogP contribution in [0.15, 0.2) is 49.2 Å². The summed E-state index contributed by atoms with van der Waals surface area (Å²) in [4.78, 5) is 13.7. The van der Waals surface area contributed by atoms with Crippen LogP contribution in [0.2, 0.25) is 0 Å². The van der Waals surface area contributed by atoms with Crippen molar-refractivity contribution in [1.82, 2.24) is 29.3 Å². The van der Waals surface area contributed by atoms with Gasteiger partial charge in [0.05, 0.1) is 25.5 Å². The summed E-state index contributed by atoms with van der Waals surface area (Å²) in [6.07, 6.45) is 10.8. The highest BCUT2D eigenvalue weighted by molar-refractivity contribution is 5.74. The van der Waals surface area contributed by atoms with Crippen LogP contribution in [-0.4, -0.2) is 49.1 Å². The summed E-state index contributed by atoms with van der Waals surface area (Å²) in [5, 5.41) is 7.85. The molecule has 0 aliphatic heterocycles. The summed E-state index contributed by atoms with van der Waals surface area (Å²) in [6, 6.07) is 8.71. The van der Waals surface area contributed by atoms with Gasteiger partial charge in [-0.2, -0.15) is 10.1 Å². The van der Waals surface area contributed by atoms with Gasteiger partial charge >= 0.3 is 0 Å². The molecule has 4 rings (SSSR count). The molecule has 1 aromatic carbocycles. The summed E-state index contributed by atoms with van der Waals surface area (Å²) in [7, 11) is 1.69. The van der Waals surface area contributed by atoms with Gasteiger partial charge in [0.15, 0.2) is 5.65 Å². The monoisotopic (exact) mass is 419 g/mol. The number of rotatable bonds is 10. The zero-order valence-corrected chi connectivity index (χ0v) is 18.3. The number of nitrogens with zero attached hydrogens (tertiary/aromatic N) is 6. The second-order valence-electron chi connectivity index (χ2n) is 7.59. The average molecular weight is 420 g/mol. The highest BCUT2D eigenvalue weighted by Gasteiger charge is 2.12. The number of imidazole rings is 1. The van der Waals surface area contributed by atoms with E-state index in [0.29, 0.717) is 18.6 Å². The molecule has 0 radical (unpaired) electrons. The largest absolute Gasteiger partial charge is 0.383 e. The minimum Gasteiger partial charge on any atom is -0.383 e. The number of fused-ring (bicyclic) bond motifs is 1. The molecular formula is C23H29N7O. The van der Waals surface area contributed by atoms with E-state index in [1.54, 1.807) is 19.6 Å². The third-order valence-electron chi connectivity index (χ3n) is 5.39. The summed E-state index contributed by atoms with van der Waals surface area (Å²) in [5.74, 6) is 0.648. The molecule has 0 spiro atoms. The van der Waals surface area contributed by atoms with Gasteiger partial charge in [0.25, 0.3) is 0 Å². The number of methoxy groups -OCH3 is 1. The van der Waals surface area contributed by atoms with E-state index in [0.717, 1.165) is 53.8 Å². The Kier molecular flexibility index (Phi) is 6.57. The van der Waals surface area contributed by atoms with E-state index in [2.05, 4.69) is 58.5 Å². The first-order valence-electron chi connectivity index (χ1n) is 10.8. The lowest BCUT2D eigenvalue weighted by molar-refractivity contribution is 0.183. The van der Waals surface area contributed by atoms with Crippen molar-refractivity contribution >= 4 is 17.1 Å². The van der Waals surface area contributed by atoms with Crippen molar-refractivity contribution in [3.63, 3.8) is 0 Å². The Morgan fingerprint density at radius 2 is 1.90 bits per heavy atom. The highest BCUT2D eigenvalue weighted by Crippen LogP contribution is 2.23. The molecule has 0 saturated carbocycles. The van der Waals surface area contributed by atoms with Crippen LogP contribution >= 0.6 is 0 Å². The normalized spacial score (nSPS) is 12.4. The predicted octanol–water partition coefficient (Wildman–Crippen LogP) is 4.32. The summed E-state index contributed by atoms with van der Waals surface area (Å²) in [5.41, 5.74) is 4.76. The number of nitrogens with one attached hydrogen (secondary N) is 1. The van der Waals surface area contributed by atoms with E-state index in [4.69, 9.17) is 9.72 Å². The molecule has 1 atom stereocenters. The smallest absolute Gasteiger partial charge is 0.224 e. The maximum atomic E-state index is 5.12. The Hall–Kier alpha value is -3.26. The van der Waals surface area contributed by atoms with E-state index in [-0.39, 0.29) is 0 Å². The van der Waals surface area contributed by atoms with Crippen molar-refractivity contribution in [3.05, 3.63) is 49.2 Å². The molecule has 162 valence electrons. The second kappa shape index (κ2) is 9.70. The van der Waals surface area contributed by atoms with E-state index < -0.39 is 0 Å². The predicted molar refractivity (Wildman–Crippen MR) is 122 cm³/mol. The molecule has 3 aromatic heterocycles. The molecule has 0 amide bonds. The van der Waals surface area contributed by atoms with E-state index in [1.807, 2.05) is 21.6 Å². The van der Waals surface area contributed by atoms with Gasteiger partial charge in [-0.25, -0.2) is 9.97 Å². The van der Waals surface area contributed by atoms with Gasteiger partial charge in [-0.1, -0.05) is 32.4 Å². The van der Waals surface area contributed by atoms with Gasteiger partial charge < -0.3 is 10.1 Å². The quantitative estimate of drug-likeness (QED) is 0.412. The molecule has 8 nitrogen and oxygen atoms in total. The van der Waals surface area contributed by atoms with Crippen LogP contribution in [0, 0.1) is 0 Å². The van der Waals surface area contributed by atoms with Gasteiger partial charge in [-0.3, -0.25) is 9.25 Å². The van der Waals surface area contributed by atoms with Crippen LogP contribution in [0.4, 0.5) is 5.95 Å². The van der Waals surface area contributed by atoms with Crippen LogP contribution < -0.4 is 5.32 Å². The molecule has 0 aliphatic carbocycles. The van der Waals surface area contributed by atoms with Crippen molar-refractivity contribution in [1.29, 1.82) is 0 Å². The van der Waals surface area contributed by atoms with Crippen molar-refractivity contribution in [2.45, 2.75) is 45.7 Å². The van der Waals surface area contributed by atoms with E-state index in [1.165, 1.54) is 0 Å². The number of aromatic nitrogens is 6. The third-order valence-corrected chi connectivity index (χ3v) is 5.39. The van der Waals surface area contributed by atoms with Crippen LogP contribution in [-0.2, 0) is 11.3 Å². The van der Waals surface area contributed by atoms with Crippen LogP contribution in [0.25, 0.3) is 28.0 Å². The number of ether oxygens (including phenoxy) is 1. The Balaban J connectivity index is 1.57. The van der Waals surface area contributed by atoms with Crippen molar-refractivity contribution in [3.8, 4) is 16.8 Å². The standard InChI is InChI=1S/C23H29N7O/c1-4-6-19(5-2)27-23-24-14-21-22(28-23)30(16-25-21)20-9-7-17(8-10-20)18-13-26-29(15-18)11-12-31-3/h7-10,13-16,19H,4-6,11-12H2,1-3H3,(H,24,27,28)/t19-/m0/s1. The molecule has 0 bridgehead atoms. The molecule has 1 N–H and O–H groups in total. The zero-order valence-electron chi connectivity index (χ0n) is 18.3. The molecule has 0 aliphatic rings. The van der Waals surface area contributed by atoms with Crippen LogP contribution in [0.5, 0.6) is 0 Å². The zero-order chi connectivity index (χ0) is 21.6. The summed E-state index contributed by atoms with van der Waals surface area (Å²) < 4.78 is 9.00.